The fraction of sp³-hybridized carbons (Fsp3) is 0.619. The summed E-state index contributed by atoms with van der Waals surface area (Å²) in [5.41, 5.74) is 0.656. The van der Waals surface area contributed by atoms with Crippen LogP contribution in [0.1, 0.15) is 36.5 Å². The Bertz CT molecular complexity index is 643. The second kappa shape index (κ2) is 10.4. The third-order valence-corrected chi connectivity index (χ3v) is 5.09. The molecule has 1 unspecified atom stereocenters. The zero-order valence-corrected chi connectivity index (χ0v) is 16.6. The molecule has 1 amide bonds. The van der Waals surface area contributed by atoms with Crippen molar-refractivity contribution in [3.8, 4) is 5.75 Å². The van der Waals surface area contributed by atoms with Crippen LogP contribution in [0.2, 0.25) is 0 Å². The smallest absolute Gasteiger partial charge is 0.320 e. The van der Waals surface area contributed by atoms with Crippen LogP contribution in [0.25, 0.3) is 0 Å². The zero-order valence-electron chi connectivity index (χ0n) is 16.6. The molecule has 154 valence electrons. The van der Waals surface area contributed by atoms with Crippen LogP contribution in [-0.2, 0) is 14.3 Å². The first kappa shape index (κ1) is 20.6. The molecular formula is C21H30N2O5. The highest BCUT2D eigenvalue weighted by molar-refractivity contribution is 5.94. The van der Waals surface area contributed by atoms with Gasteiger partial charge in [-0.05, 0) is 50.5 Å². The van der Waals surface area contributed by atoms with E-state index in [4.69, 9.17) is 14.2 Å². The molecule has 0 saturated carbocycles. The highest BCUT2D eigenvalue weighted by atomic mass is 16.5. The number of hydrogen-bond acceptors (Lipinski definition) is 6. The van der Waals surface area contributed by atoms with Gasteiger partial charge in [-0.3, -0.25) is 14.5 Å². The van der Waals surface area contributed by atoms with Crippen molar-refractivity contribution in [1.82, 2.24) is 9.80 Å². The third kappa shape index (κ3) is 5.94. The molecule has 0 radical (unpaired) electrons. The van der Waals surface area contributed by atoms with Crippen LogP contribution in [0.5, 0.6) is 5.75 Å². The minimum absolute atomic E-state index is 0.0173. The lowest BCUT2D eigenvalue weighted by Gasteiger charge is -2.21. The number of rotatable bonds is 7. The van der Waals surface area contributed by atoms with Gasteiger partial charge in [-0.15, -0.1) is 0 Å². The Balaban J connectivity index is 1.48. The van der Waals surface area contributed by atoms with E-state index in [1.165, 1.54) is 0 Å². The number of esters is 1. The molecule has 1 atom stereocenters. The molecule has 0 N–H and O–H groups in total. The van der Waals surface area contributed by atoms with Crippen LogP contribution in [0.15, 0.2) is 24.3 Å². The molecule has 0 aromatic heterocycles. The van der Waals surface area contributed by atoms with Gasteiger partial charge in [-0.25, -0.2) is 0 Å². The van der Waals surface area contributed by atoms with E-state index >= 15 is 0 Å². The molecule has 0 spiro atoms. The first-order valence-electron chi connectivity index (χ1n) is 10.2. The Morgan fingerprint density at radius 2 is 1.93 bits per heavy atom. The maximum absolute atomic E-state index is 12.8. The van der Waals surface area contributed by atoms with Gasteiger partial charge >= 0.3 is 5.97 Å². The third-order valence-electron chi connectivity index (χ3n) is 5.09. The minimum Gasteiger partial charge on any atom is -0.491 e. The fourth-order valence-corrected chi connectivity index (χ4v) is 3.56. The Morgan fingerprint density at radius 1 is 1.11 bits per heavy atom. The number of carbonyl (C=O) groups is 2. The van der Waals surface area contributed by atoms with E-state index < -0.39 is 0 Å². The average Bonchev–Trinajstić information content (AvgIpc) is 3.12. The molecule has 7 nitrogen and oxygen atoms in total. The van der Waals surface area contributed by atoms with E-state index in [1.807, 2.05) is 34.1 Å². The fourth-order valence-electron chi connectivity index (χ4n) is 3.56. The lowest BCUT2D eigenvalue weighted by atomic mass is 10.2. The van der Waals surface area contributed by atoms with Crippen molar-refractivity contribution in [2.45, 2.75) is 32.3 Å². The predicted molar refractivity (Wildman–Crippen MR) is 105 cm³/mol. The predicted octanol–water partition coefficient (Wildman–Crippen LogP) is 1.96. The van der Waals surface area contributed by atoms with Gasteiger partial charge in [0.15, 0.2) is 0 Å². The first-order valence-corrected chi connectivity index (χ1v) is 10.2. The molecular weight excluding hydrogens is 360 g/mol. The van der Waals surface area contributed by atoms with Crippen LogP contribution in [0.4, 0.5) is 0 Å². The number of benzene rings is 1. The Hall–Kier alpha value is -2.12. The molecule has 2 saturated heterocycles. The SMILES string of the molecule is CCOC(=O)CN1CCCN(C(=O)c2ccc(OCC3CCCO3)cc2)CC1. The van der Waals surface area contributed by atoms with E-state index in [0.717, 1.165) is 38.2 Å². The second-order valence-corrected chi connectivity index (χ2v) is 7.20. The van der Waals surface area contributed by atoms with Crippen LogP contribution in [0, 0.1) is 0 Å². The summed E-state index contributed by atoms with van der Waals surface area (Å²) < 4.78 is 16.3. The lowest BCUT2D eigenvalue weighted by Crippen LogP contribution is -2.37. The topological polar surface area (TPSA) is 68.3 Å². The minimum atomic E-state index is -0.208. The molecule has 3 rings (SSSR count). The van der Waals surface area contributed by atoms with Crippen LogP contribution in [0.3, 0.4) is 0 Å². The summed E-state index contributed by atoms with van der Waals surface area (Å²) in [6, 6.07) is 7.31. The van der Waals surface area contributed by atoms with Crippen molar-refractivity contribution in [2.75, 3.05) is 52.5 Å². The number of amides is 1. The lowest BCUT2D eigenvalue weighted by molar-refractivity contribution is -0.144. The van der Waals surface area contributed by atoms with E-state index in [2.05, 4.69) is 0 Å². The van der Waals surface area contributed by atoms with Crippen molar-refractivity contribution in [3.05, 3.63) is 29.8 Å². The van der Waals surface area contributed by atoms with Crippen molar-refractivity contribution < 1.29 is 23.8 Å². The van der Waals surface area contributed by atoms with Crippen LogP contribution >= 0.6 is 0 Å². The maximum Gasteiger partial charge on any atom is 0.320 e. The largest absolute Gasteiger partial charge is 0.491 e. The molecule has 1 aromatic rings. The monoisotopic (exact) mass is 390 g/mol. The highest BCUT2D eigenvalue weighted by Crippen LogP contribution is 2.18. The van der Waals surface area contributed by atoms with Gasteiger partial charge in [-0.1, -0.05) is 0 Å². The summed E-state index contributed by atoms with van der Waals surface area (Å²) in [6.07, 6.45) is 3.15. The summed E-state index contributed by atoms with van der Waals surface area (Å²) in [7, 11) is 0. The quantitative estimate of drug-likeness (QED) is 0.663. The van der Waals surface area contributed by atoms with Gasteiger partial charge < -0.3 is 19.1 Å². The van der Waals surface area contributed by atoms with Gasteiger partial charge in [0.25, 0.3) is 5.91 Å². The molecule has 2 heterocycles. The molecule has 7 heteroatoms. The van der Waals surface area contributed by atoms with E-state index in [1.54, 1.807) is 6.92 Å². The maximum atomic E-state index is 12.8. The number of ether oxygens (including phenoxy) is 3. The molecule has 2 aliphatic rings. The summed E-state index contributed by atoms with van der Waals surface area (Å²) in [4.78, 5) is 28.4. The van der Waals surface area contributed by atoms with Gasteiger partial charge in [0, 0.05) is 38.3 Å². The molecule has 2 fully saturated rings. The summed E-state index contributed by atoms with van der Waals surface area (Å²) in [5.74, 6) is 0.563. The standard InChI is InChI=1S/C21H30N2O5/c1-2-26-20(24)15-22-10-4-11-23(13-12-22)21(25)17-6-8-18(9-7-17)28-16-19-5-3-14-27-19/h6-9,19H,2-5,10-16H2,1H3. The van der Waals surface area contributed by atoms with E-state index in [0.29, 0.717) is 38.4 Å². The van der Waals surface area contributed by atoms with Gasteiger partial charge in [-0.2, -0.15) is 0 Å². The molecule has 1 aromatic carbocycles. The van der Waals surface area contributed by atoms with Crippen molar-refractivity contribution >= 4 is 11.9 Å². The summed E-state index contributed by atoms with van der Waals surface area (Å²) in [5, 5.41) is 0. The van der Waals surface area contributed by atoms with Crippen molar-refractivity contribution in [1.29, 1.82) is 0 Å². The average molecular weight is 390 g/mol. The Labute approximate surface area is 166 Å². The molecule has 0 bridgehead atoms. The van der Waals surface area contributed by atoms with Crippen LogP contribution < -0.4 is 4.74 Å². The zero-order chi connectivity index (χ0) is 19.8. The molecule has 0 aliphatic carbocycles. The van der Waals surface area contributed by atoms with E-state index in [-0.39, 0.29) is 24.5 Å². The van der Waals surface area contributed by atoms with Gasteiger partial charge in [0.1, 0.15) is 12.4 Å². The summed E-state index contributed by atoms with van der Waals surface area (Å²) >= 11 is 0. The Kier molecular flexibility index (Phi) is 7.68. The normalized spacial score (nSPS) is 20.6. The van der Waals surface area contributed by atoms with Gasteiger partial charge in [0.2, 0.25) is 0 Å². The Morgan fingerprint density at radius 3 is 2.64 bits per heavy atom. The van der Waals surface area contributed by atoms with Crippen molar-refractivity contribution in [2.24, 2.45) is 0 Å². The highest BCUT2D eigenvalue weighted by Gasteiger charge is 2.22. The first-order chi connectivity index (χ1) is 13.7. The number of nitrogens with zero attached hydrogens (tertiary/aromatic N) is 2. The van der Waals surface area contributed by atoms with E-state index in [9.17, 15) is 9.59 Å². The molecule has 28 heavy (non-hydrogen) atoms. The molecule has 2 aliphatic heterocycles. The second-order valence-electron chi connectivity index (χ2n) is 7.20. The van der Waals surface area contributed by atoms with Crippen LogP contribution in [-0.4, -0.2) is 80.3 Å². The number of carbonyl (C=O) groups excluding carboxylic acids is 2. The number of hydrogen-bond donors (Lipinski definition) is 0. The summed E-state index contributed by atoms with van der Waals surface area (Å²) in [6.45, 7) is 6.61. The van der Waals surface area contributed by atoms with Gasteiger partial charge in [0.05, 0.1) is 19.3 Å². The van der Waals surface area contributed by atoms with Crippen molar-refractivity contribution in [3.63, 3.8) is 0 Å².